The zero-order valence-electron chi connectivity index (χ0n) is 22.2. The number of piperidine rings is 1. The van der Waals surface area contributed by atoms with Gasteiger partial charge in [-0.3, -0.25) is 4.68 Å². The zero-order chi connectivity index (χ0) is 26.4. The molecule has 198 valence electrons. The maximum absolute atomic E-state index is 9.55. The number of aliphatic hydroxyl groups excluding tert-OH is 1. The van der Waals surface area contributed by atoms with Crippen LogP contribution in [0.25, 0.3) is 34.2 Å². The predicted octanol–water partition coefficient (Wildman–Crippen LogP) is 4.10. The molecule has 3 aromatic heterocycles. The number of hydrogen-bond acceptors (Lipinski definition) is 7. The fourth-order valence-corrected chi connectivity index (χ4v) is 5.49. The van der Waals surface area contributed by atoms with Gasteiger partial charge >= 0.3 is 0 Å². The lowest BCUT2D eigenvalue weighted by molar-refractivity contribution is 0.182. The average Bonchev–Trinajstić information content (AvgIpc) is 3.65. The first-order chi connectivity index (χ1) is 18.4. The summed E-state index contributed by atoms with van der Waals surface area (Å²) in [5.74, 6) is 3.20. The summed E-state index contributed by atoms with van der Waals surface area (Å²) < 4.78 is 12.4. The molecule has 1 atom stereocenters. The summed E-state index contributed by atoms with van der Waals surface area (Å²) in [6, 6.07) is 8.76. The maximum Gasteiger partial charge on any atom is 0.178 e. The summed E-state index contributed by atoms with van der Waals surface area (Å²) in [6.45, 7) is 13.1. The minimum atomic E-state index is -0.0200. The first-order valence-electron chi connectivity index (χ1n) is 13.3. The molecule has 1 saturated heterocycles. The normalized spacial score (nSPS) is 17.2. The second kappa shape index (κ2) is 9.75. The van der Waals surface area contributed by atoms with Gasteiger partial charge in [-0.05, 0) is 51.8 Å². The molecule has 0 amide bonds. The van der Waals surface area contributed by atoms with Crippen molar-refractivity contribution in [1.82, 2.24) is 39.0 Å². The van der Waals surface area contributed by atoms with Crippen LogP contribution in [0.4, 0.5) is 0 Å². The molecule has 0 bridgehead atoms. The molecule has 0 saturated carbocycles. The van der Waals surface area contributed by atoms with Crippen LogP contribution in [0.2, 0.25) is 0 Å². The second-order valence-corrected chi connectivity index (χ2v) is 10.4. The van der Waals surface area contributed by atoms with E-state index in [1.165, 1.54) is 0 Å². The van der Waals surface area contributed by atoms with Crippen molar-refractivity contribution < 1.29 is 9.84 Å². The lowest BCUT2D eigenvalue weighted by Crippen LogP contribution is -2.37. The largest absolute Gasteiger partial charge is 0.491 e. The second-order valence-electron chi connectivity index (χ2n) is 10.4. The van der Waals surface area contributed by atoms with Crippen molar-refractivity contribution in [3.05, 3.63) is 54.8 Å². The Labute approximate surface area is 222 Å². The summed E-state index contributed by atoms with van der Waals surface area (Å²) in [5, 5.41) is 18.8. The van der Waals surface area contributed by atoms with E-state index in [-0.39, 0.29) is 18.7 Å². The Bertz CT molecular complexity index is 1480. The van der Waals surface area contributed by atoms with Gasteiger partial charge in [0.05, 0.1) is 30.5 Å². The van der Waals surface area contributed by atoms with Crippen LogP contribution < -0.4 is 4.74 Å². The number of aliphatic hydroxyl groups is 1. The highest BCUT2D eigenvalue weighted by Gasteiger charge is 2.26. The van der Waals surface area contributed by atoms with Crippen LogP contribution in [-0.4, -0.2) is 70.4 Å². The molecule has 1 unspecified atom stereocenters. The van der Waals surface area contributed by atoms with E-state index >= 15 is 0 Å². The zero-order valence-corrected chi connectivity index (χ0v) is 22.2. The van der Waals surface area contributed by atoms with Crippen LogP contribution in [-0.2, 0) is 6.54 Å². The van der Waals surface area contributed by atoms with Crippen molar-refractivity contribution in [2.24, 2.45) is 0 Å². The summed E-state index contributed by atoms with van der Waals surface area (Å²) in [5.41, 5.74) is 4.63. The van der Waals surface area contributed by atoms with Gasteiger partial charge in [-0.15, -0.1) is 0 Å². The van der Waals surface area contributed by atoms with E-state index in [9.17, 15) is 5.11 Å². The van der Waals surface area contributed by atoms with Gasteiger partial charge in [-0.1, -0.05) is 12.6 Å². The van der Waals surface area contributed by atoms with Gasteiger partial charge in [-0.25, -0.2) is 14.6 Å². The van der Waals surface area contributed by atoms with Crippen molar-refractivity contribution in [3.8, 4) is 39.9 Å². The summed E-state index contributed by atoms with van der Waals surface area (Å²) >= 11 is 0. The highest BCUT2D eigenvalue weighted by atomic mass is 16.5. The summed E-state index contributed by atoms with van der Waals surface area (Å²) in [6.07, 6.45) is 5.97. The van der Waals surface area contributed by atoms with E-state index in [0.29, 0.717) is 13.2 Å². The van der Waals surface area contributed by atoms with E-state index in [2.05, 4.69) is 74.0 Å². The van der Waals surface area contributed by atoms with Crippen LogP contribution >= 0.6 is 0 Å². The molecule has 2 aliphatic heterocycles. The first-order valence-corrected chi connectivity index (χ1v) is 13.3. The van der Waals surface area contributed by atoms with Crippen molar-refractivity contribution in [1.29, 1.82) is 0 Å². The van der Waals surface area contributed by atoms with Gasteiger partial charge in [0.25, 0.3) is 0 Å². The van der Waals surface area contributed by atoms with Gasteiger partial charge in [0.1, 0.15) is 29.7 Å². The monoisotopic (exact) mass is 514 g/mol. The topological polar surface area (TPSA) is 99.0 Å². The molecule has 5 heterocycles. The molecular formula is C28H34N8O2. The van der Waals surface area contributed by atoms with Crippen LogP contribution in [0.3, 0.4) is 0 Å². The number of aryl methyl sites for hydroxylation is 1. The van der Waals surface area contributed by atoms with Crippen molar-refractivity contribution in [3.63, 3.8) is 0 Å². The molecule has 4 aromatic rings. The number of benzene rings is 1. The molecule has 2 aliphatic rings. The van der Waals surface area contributed by atoms with E-state index in [4.69, 9.17) is 9.72 Å². The Morgan fingerprint density at radius 2 is 2.05 bits per heavy atom. The van der Waals surface area contributed by atoms with Crippen molar-refractivity contribution in [2.45, 2.75) is 52.2 Å². The number of nitrogens with zero attached hydrogens (tertiary/aromatic N) is 8. The molecule has 0 aliphatic carbocycles. The SMILES string of the molecule is C=C(CO)N1CCCC(n2nccc2-c2ccc3c(c2)OCCn2cc(-c4nc(C)nn4C(C)C)nc2-3)C1. The third kappa shape index (κ3) is 4.28. The Kier molecular flexibility index (Phi) is 6.27. The fraction of sp³-hybridized carbons (Fsp3) is 0.429. The van der Waals surface area contributed by atoms with Crippen molar-refractivity contribution >= 4 is 0 Å². The predicted molar refractivity (Wildman–Crippen MR) is 145 cm³/mol. The maximum atomic E-state index is 9.55. The molecule has 10 nitrogen and oxygen atoms in total. The smallest absolute Gasteiger partial charge is 0.178 e. The number of hydrogen-bond donors (Lipinski definition) is 1. The fourth-order valence-electron chi connectivity index (χ4n) is 5.49. The molecule has 1 aromatic carbocycles. The van der Waals surface area contributed by atoms with E-state index < -0.39 is 0 Å². The molecule has 0 spiro atoms. The van der Waals surface area contributed by atoms with Crippen molar-refractivity contribution in [2.75, 3.05) is 26.3 Å². The lowest BCUT2D eigenvalue weighted by atomic mass is 10.0. The van der Waals surface area contributed by atoms with Gasteiger partial charge in [-0.2, -0.15) is 10.2 Å². The Morgan fingerprint density at radius 1 is 1.18 bits per heavy atom. The van der Waals surface area contributed by atoms with Crippen LogP contribution in [0.15, 0.2) is 48.9 Å². The van der Waals surface area contributed by atoms with Gasteiger partial charge < -0.3 is 19.3 Å². The number of rotatable bonds is 6. The molecule has 6 rings (SSSR count). The quantitative estimate of drug-likeness (QED) is 0.414. The first kappa shape index (κ1) is 24.4. The van der Waals surface area contributed by atoms with Gasteiger partial charge in [0.2, 0.25) is 0 Å². The Morgan fingerprint density at radius 3 is 2.87 bits per heavy atom. The van der Waals surface area contributed by atoms with E-state index in [1.54, 1.807) is 0 Å². The molecule has 10 heteroatoms. The van der Waals surface area contributed by atoms with Gasteiger partial charge in [0.15, 0.2) is 5.82 Å². The van der Waals surface area contributed by atoms with E-state index in [1.807, 2.05) is 24.0 Å². The number of imidazole rings is 1. The van der Waals surface area contributed by atoms with E-state index in [0.717, 1.165) is 77.4 Å². The Hall–Kier alpha value is -3.92. The molecule has 1 fully saturated rings. The standard InChI is InChI=1S/C28H34N8O2/c1-18(2)35-28(30-20(4)32-35)24-16-34-12-13-38-26-14-21(7-8-23(26)27(34)31-24)25-9-10-29-36(25)22-6-5-11-33(15-22)19(3)17-37/h7-10,14,16,18,22,37H,3,5-6,11-13,15,17H2,1-2,4H3. The highest BCUT2D eigenvalue weighted by Crippen LogP contribution is 2.38. The summed E-state index contributed by atoms with van der Waals surface area (Å²) in [7, 11) is 0. The average molecular weight is 515 g/mol. The Balaban J connectivity index is 1.34. The van der Waals surface area contributed by atoms with Crippen LogP contribution in [0, 0.1) is 6.92 Å². The minimum Gasteiger partial charge on any atom is -0.491 e. The number of aromatic nitrogens is 7. The van der Waals surface area contributed by atoms with Crippen LogP contribution in [0.5, 0.6) is 5.75 Å². The molecular weight excluding hydrogens is 480 g/mol. The van der Waals surface area contributed by atoms with Crippen LogP contribution in [0.1, 0.15) is 44.6 Å². The molecule has 1 N–H and O–H groups in total. The minimum absolute atomic E-state index is 0.0200. The third-order valence-electron chi connectivity index (χ3n) is 7.38. The third-order valence-corrected chi connectivity index (χ3v) is 7.38. The summed E-state index contributed by atoms with van der Waals surface area (Å²) in [4.78, 5) is 11.8. The number of fused-ring (bicyclic) bond motifs is 3. The van der Waals surface area contributed by atoms with Gasteiger partial charge in [0, 0.05) is 42.8 Å². The highest BCUT2D eigenvalue weighted by molar-refractivity contribution is 5.74. The number of likely N-dealkylation sites (tertiary alicyclic amines) is 1. The molecule has 38 heavy (non-hydrogen) atoms. The number of ether oxygens (including phenoxy) is 1. The molecule has 0 radical (unpaired) electrons. The lowest BCUT2D eigenvalue weighted by Gasteiger charge is -2.35.